The largest absolute Gasteiger partial charge is 0.497 e. The van der Waals surface area contributed by atoms with E-state index in [4.69, 9.17) is 9.47 Å². The van der Waals surface area contributed by atoms with E-state index in [-0.39, 0.29) is 17.5 Å². The van der Waals surface area contributed by atoms with Crippen molar-refractivity contribution in [3.63, 3.8) is 0 Å². The molecule has 0 aromatic heterocycles. The van der Waals surface area contributed by atoms with Crippen molar-refractivity contribution in [3.05, 3.63) is 89.0 Å². The van der Waals surface area contributed by atoms with Crippen molar-refractivity contribution in [3.8, 4) is 5.75 Å². The lowest BCUT2D eigenvalue weighted by Gasteiger charge is -2.25. The van der Waals surface area contributed by atoms with Crippen LogP contribution in [0.4, 0.5) is 5.69 Å². The minimum Gasteiger partial charge on any atom is -0.497 e. The summed E-state index contributed by atoms with van der Waals surface area (Å²) in [7, 11) is -2.17. The van der Waals surface area contributed by atoms with Crippen molar-refractivity contribution >= 4 is 15.7 Å². The first-order chi connectivity index (χ1) is 14.5. The second-order valence-corrected chi connectivity index (χ2v) is 9.15. The van der Waals surface area contributed by atoms with Gasteiger partial charge in [0.15, 0.2) is 0 Å². The molecule has 1 atom stereocenters. The van der Waals surface area contributed by atoms with Gasteiger partial charge in [0.1, 0.15) is 11.9 Å². The number of fused-ring (bicyclic) bond motifs is 2. The molecule has 0 saturated heterocycles. The average molecular weight is 424 g/mol. The first-order valence-electron chi connectivity index (χ1n) is 9.92. The lowest BCUT2D eigenvalue weighted by molar-refractivity contribution is 0.0917. The number of ether oxygens (including phenoxy) is 2. The summed E-state index contributed by atoms with van der Waals surface area (Å²) in [5.41, 5.74) is 4.29. The highest BCUT2D eigenvalue weighted by Crippen LogP contribution is 2.42. The molecular weight excluding hydrogens is 398 g/mol. The molecule has 0 aliphatic carbocycles. The minimum atomic E-state index is -3.78. The van der Waals surface area contributed by atoms with E-state index >= 15 is 0 Å². The maximum absolute atomic E-state index is 13.7. The smallest absolute Gasteiger partial charge is 0.264 e. The number of hydrogen-bond donors (Lipinski definition) is 0. The monoisotopic (exact) mass is 423 g/mol. The molecule has 0 spiro atoms. The van der Waals surface area contributed by atoms with Crippen LogP contribution in [0.2, 0.25) is 0 Å². The number of benzene rings is 3. The van der Waals surface area contributed by atoms with Gasteiger partial charge in [-0.25, -0.2) is 8.42 Å². The van der Waals surface area contributed by atoms with Crippen LogP contribution in [0.5, 0.6) is 5.75 Å². The third-order valence-corrected chi connectivity index (χ3v) is 7.15. The van der Waals surface area contributed by atoms with Crippen molar-refractivity contribution in [2.24, 2.45) is 0 Å². The fourth-order valence-corrected chi connectivity index (χ4v) is 5.31. The molecule has 0 bridgehead atoms. The number of anilines is 1. The molecular formula is C24H25NO4S. The predicted molar refractivity (Wildman–Crippen MR) is 117 cm³/mol. The van der Waals surface area contributed by atoms with E-state index in [9.17, 15) is 8.42 Å². The Labute approximate surface area is 177 Å². The predicted octanol–water partition coefficient (Wildman–Crippen LogP) is 4.84. The number of rotatable bonds is 5. The number of hydrogen-bond acceptors (Lipinski definition) is 4. The standard InChI is InChI=1S/C24H25NO4S/c1-4-29-24-21-14-11-19(28-3)15-18(21)16-25(23-8-6-5-7-22(23)24)30(26,27)20-12-9-17(2)10-13-20/h5-15,24H,4,16H2,1-3H3. The topological polar surface area (TPSA) is 55.8 Å². The number of aryl methyl sites for hydroxylation is 1. The summed E-state index contributed by atoms with van der Waals surface area (Å²) in [5, 5.41) is 0. The first kappa shape index (κ1) is 20.4. The Morgan fingerprint density at radius 3 is 2.43 bits per heavy atom. The Kier molecular flexibility index (Phi) is 5.54. The zero-order valence-corrected chi connectivity index (χ0v) is 18.1. The summed E-state index contributed by atoms with van der Waals surface area (Å²) in [6.07, 6.45) is -0.356. The highest BCUT2D eigenvalue weighted by atomic mass is 32.2. The van der Waals surface area contributed by atoms with E-state index in [1.807, 2.05) is 68.4 Å². The van der Waals surface area contributed by atoms with Crippen LogP contribution in [-0.2, 0) is 21.3 Å². The van der Waals surface area contributed by atoms with Crippen molar-refractivity contribution in [1.29, 1.82) is 0 Å². The Morgan fingerprint density at radius 2 is 1.73 bits per heavy atom. The normalized spacial score (nSPS) is 15.8. The summed E-state index contributed by atoms with van der Waals surface area (Å²) in [4.78, 5) is 0.266. The zero-order valence-electron chi connectivity index (χ0n) is 17.3. The average Bonchev–Trinajstić information content (AvgIpc) is 2.89. The van der Waals surface area contributed by atoms with Gasteiger partial charge in [-0.3, -0.25) is 4.31 Å². The van der Waals surface area contributed by atoms with Crippen LogP contribution in [0.3, 0.4) is 0 Å². The van der Waals surface area contributed by atoms with E-state index in [1.54, 1.807) is 19.2 Å². The van der Waals surface area contributed by atoms with Gasteiger partial charge in [0.05, 0.1) is 24.2 Å². The van der Waals surface area contributed by atoms with Crippen molar-refractivity contribution in [1.82, 2.24) is 0 Å². The summed E-state index contributed by atoms with van der Waals surface area (Å²) in [5.74, 6) is 0.683. The third-order valence-electron chi connectivity index (χ3n) is 5.38. The van der Waals surface area contributed by atoms with Gasteiger partial charge in [-0.15, -0.1) is 0 Å². The van der Waals surface area contributed by atoms with Gasteiger partial charge in [-0.05, 0) is 55.3 Å². The van der Waals surface area contributed by atoms with Gasteiger partial charge < -0.3 is 9.47 Å². The van der Waals surface area contributed by atoms with Crippen molar-refractivity contribution in [2.75, 3.05) is 18.0 Å². The third kappa shape index (κ3) is 3.57. The van der Waals surface area contributed by atoms with E-state index in [2.05, 4.69) is 0 Å². The van der Waals surface area contributed by atoms with Crippen LogP contribution in [0.25, 0.3) is 0 Å². The number of nitrogens with zero attached hydrogens (tertiary/aromatic N) is 1. The first-order valence-corrected chi connectivity index (χ1v) is 11.4. The van der Waals surface area contributed by atoms with Crippen LogP contribution < -0.4 is 9.04 Å². The SMILES string of the molecule is CCOC1c2ccc(OC)cc2CN(S(=O)(=O)c2ccc(C)cc2)c2ccccc21. The summed E-state index contributed by atoms with van der Waals surface area (Å²) >= 11 is 0. The van der Waals surface area contributed by atoms with Crippen LogP contribution in [0.15, 0.2) is 71.6 Å². The van der Waals surface area contributed by atoms with Gasteiger partial charge in [0, 0.05) is 12.2 Å². The fraction of sp³-hybridized carbons (Fsp3) is 0.250. The molecule has 1 aliphatic rings. The fourth-order valence-electron chi connectivity index (χ4n) is 3.84. The zero-order chi connectivity index (χ0) is 21.3. The maximum atomic E-state index is 13.7. The molecule has 1 heterocycles. The molecule has 1 aliphatic heterocycles. The maximum Gasteiger partial charge on any atom is 0.264 e. The Morgan fingerprint density at radius 1 is 1.00 bits per heavy atom. The lowest BCUT2D eigenvalue weighted by Crippen LogP contribution is -2.30. The van der Waals surface area contributed by atoms with Gasteiger partial charge in [0.25, 0.3) is 10.0 Å². The number of para-hydroxylation sites is 1. The number of sulfonamides is 1. The van der Waals surface area contributed by atoms with Gasteiger partial charge in [-0.1, -0.05) is 42.0 Å². The van der Waals surface area contributed by atoms with Crippen molar-refractivity contribution in [2.45, 2.75) is 31.4 Å². The van der Waals surface area contributed by atoms with Crippen LogP contribution in [0, 0.1) is 6.92 Å². The molecule has 0 fully saturated rings. The Balaban J connectivity index is 1.94. The highest BCUT2D eigenvalue weighted by Gasteiger charge is 2.34. The molecule has 4 rings (SSSR count). The van der Waals surface area contributed by atoms with Crippen molar-refractivity contribution < 1.29 is 17.9 Å². The summed E-state index contributed by atoms with van der Waals surface area (Å²) in [6, 6.07) is 20.2. The molecule has 156 valence electrons. The second kappa shape index (κ2) is 8.13. The second-order valence-electron chi connectivity index (χ2n) is 7.28. The van der Waals surface area contributed by atoms with Crippen LogP contribution in [0.1, 0.15) is 35.3 Å². The Bertz CT molecular complexity index is 1160. The highest BCUT2D eigenvalue weighted by molar-refractivity contribution is 7.92. The lowest BCUT2D eigenvalue weighted by atomic mass is 9.97. The molecule has 0 radical (unpaired) electrons. The molecule has 3 aromatic rings. The molecule has 30 heavy (non-hydrogen) atoms. The van der Waals surface area contributed by atoms with E-state index in [0.29, 0.717) is 18.0 Å². The van der Waals surface area contributed by atoms with Gasteiger partial charge in [-0.2, -0.15) is 0 Å². The van der Waals surface area contributed by atoms with Gasteiger partial charge in [0.2, 0.25) is 0 Å². The molecule has 1 unspecified atom stereocenters. The van der Waals surface area contributed by atoms with Gasteiger partial charge >= 0.3 is 0 Å². The van der Waals surface area contributed by atoms with E-state index in [1.165, 1.54) is 4.31 Å². The molecule has 6 heteroatoms. The number of methoxy groups -OCH3 is 1. The van der Waals surface area contributed by atoms with E-state index in [0.717, 1.165) is 22.3 Å². The van der Waals surface area contributed by atoms with E-state index < -0.39 is 10.0 Å². The minimum absolute atomic E-state index is 0.198. The molecule has 0 N–H and O–H groups in total. The molecule has 3 aromatic carbocycles. The molecule has 0 saturated carbocycles. The quantitative estimate of drug-likeness (QED) is 0.589. The summed E-state index contributed by atoms with van der Waals surface area (Å²) < 4.78 is 40.4. The van der Waals surface area contributed by atoms with Crippen LogP contribution in [-0.4, -0.2) is 22.1 Å². The summed E-state index contributed by atoms with van der Waals surface area (Å²) in [6.45, 7) is 4.59. The van der Waals surface area contributed by atoms with Crippen LogP contribution >= 0.6 is 0 Å². The molecule has 5 nitrogen and oxygen atoms in total. The molecule has 0 amide bonds. The Hall–Kier alpha value is -2.83.